The van der Waals surface area contributed by atoms with Crippen LogP contribution in [0.4, 0.5) is 5.69 Å². The van der Waals surface area contributed by atoms with Crippen molar-refractivity contribution in [2.75, 3.05) is 37.6 Å². The van der Waals surface area contributed by atoms with Crippen molar-refractivity contribution in [3.63, 3.8) is 0 Å². The summed E-state index contributed by atoms with van der Waals surface area (Å²) in [6, 6.07) is 13.4. The maximum absolute atomic E-state index is 11.6. The summed E-state index contributed by atoms with van der Waals surface area (Å²) in [5.74, 6) is 1.95. The molecule has 2 aliphatic heterocycles. The first-order valence-electron chi connectivity index (χ1n) is 11.9. The zero-order valence-electron chi connectivity index (χ0n) is 19.1. The van der Waals surface area contributed by atoms with Crippen LogP contribution in [0.1, 0.15) is 39.0 Å². The highest BCUT2D eigenvalue weighted by Crippen LogP contribution is 2.30. The lowest BCUT2D eigenvalue weighted by molar-refractivity contribution is -0.134. The van der Waals surface area contributed by atoms with Gasteiger partial charge in [0.15, 0.2) is 0 Å². The third-order valence-corrected chi connectivity index (χ3v) is 7.30. The van der Waals surface area contributed by atoms with Crippen molar-refractivity contribution in [3.05, 3.63) is 52.5 Å². The summed E-state index contributed by atoms with van der Waals surface area (Å²) in [5, 5.41) is 1.09. The molecular formula is C26H32Cl2N2O3. The van der Waals surface area contributed by atoms with E-state index in [-0.39, 0.29) is 12.1 Å². The first kappa shape index (κ1) is 24.2. The lowest BCUT2D eigenvalue weighted by Gasteiger charge is -2.38. The summed E-state index contributed by atoms with van der Waals surface area (Å²) in [6.45, 7) is 7.16. The second-order valence-electron chi connectivity index (χ2n) is 8.95. The minimum absolute atomic E-state index is 0.197. The Bertz CT molecular complexity index is 939. The van der Waals surface area contributed by atoms with Gasteiger partial charge in [-0.2, -0.15) is 0 Å². The van der Waals surface area contributed by atoms with E-state index in [0.29, 0.717) is 22.2 Å². The van der Waals surface area contributed by atoms with Crippen molar-refractivity contribution in [1.29, 1.82) is 0 Å². The van der Waals surface area contributed by atoms with Crippen LogP contribution in [0.25, 0.3) is 0 Å². The first-order valence-corrected chi connectivity index (χ1v) is 12.7. The number of anilines is 1. The van der Waals surface area contributed by atoms with Crippen molar-refractivity contribution in [1.82, 2.24) is 4.90 Å². The third kappa shape index (κ3) is 6.78. The van der Waals surface area contributed by atoms with Crippen molar-refractivity contribution in [2.24, 2.45) is 5.92 Å². The number of esters is 1. The maximum atomic E-state index is 11.6. The number of benzene rings is 2. The van der Waals surface area contributed by atoms with Crippen molar-refractivity contribution in [2.45, 2.75) is 45.1 Å². The zero-order chi connectivity index (χ0) is 23.2. The fraction of sp³-hybridized carbons (Fsp3) is 0.500. The molecule has 0 aliphatic carbocycles. The molecule has 178 valence electrons. The molecule has 0 unspecified atom stereocenters. The van der Waals surface area contributed by atoms with E-state index in [2.05, 4.69) is 15.9 Å². The van der Waals surface area contributed by atoms with Gasteiger partial charge in [0.2, 0.25) is 0 Å². The number of hydrogen-bond acceptors (Lipinski definition) is 5. The van der Waals surface area contributed by atoms with Crippen molar-refractivity contribution < 1.29 is 14.3 Å². The van der Waals surface area contributed by atoms with Gasteiger partial charge >= 0.3 is 5.97 Å². The van der Waals surface area contributed by atoms with E-state index in [4.69, 9.17) is 32.7 Å². The van der Waals surface area contributed by atoms with Crippen LogP contribution >= 0.6 is 23.2 Å². The number of carbonyl (C=O) groups excluding carboxylic acids is 1. The fourth-order valence-electron chi connectivity index (χ4n) is 4.64. The molecule has 5 nitrogen and oxygen atoms in total. The smallest absolute Gasteiger partial charge is 0.310 e. The molecule has 0 amide bonds. The predicted molar refractivity (Wildman–Crippen MR) is 134 cm³/mol. The van der Waals surface area contributed by atoms with Crippen LogP contribution in [0, 0.1) is 5.92 Å². The van der Waals surface area contributed by atoms with Gasteiger partial charge in [-0.1, -0.05) is 36.2 Å². The van der Waals surface area contributed by atoms with Crippen LogP contribution in [-0.4, -0.2) is 49.7 Å². The van der Waals surface area contributed by atoms with Gasteiger partial charge in [0.25, 0.3) is 0 Å². The molecule has 33 heavy (non-hydrogen) atoms. The summed E-state index contributed by atoms with van der Waals surface area (Å²) >= 11 is 12.1. The van der Waals surface area contributed by atoms with E-state index in [1.165, 1.54) is 12.8 Å². The highest BCUT2D eigenvalue weighted by molar-refractivity contribution is 6.42. The normalized spacial score (nSPS) is 18.3. The van der Waals surface area contributed by atoms with Gasteiger partial charge in [-0.05, 0) is 55.9 Å². The van der Waals surface area contributed by atoms with E-state index in [1.807, 2.05) is 31.2 Å². The van der Waals surface area contributed by atoms with Crippen molar-refractivity contribution in [3.8, 4) is 11.5 Å². The quantitative estimate of drug-likeness (QED) is 0.348. The summed E-state index contributed by atoms with van der Waals surface area (Å²) < 4.78 is 11.5. The predicted octanol–water partition coefficient (Wildman–Crippen LogP) is 6.07. The molecular weight excluding hydrogens is 459 g/mol. The molecule has 2 saturated heterocycles. The summed E-state index contributed by atoms with van der Waals surface area (Å²) in [7, 11) is 0. The molecule has 0 aromatic heterocycles. The average Bonchev–Trinajstić information content (AvgIpc) is 2.83. The molecule has 0 spiro atoms. The Balaban J connectivity index is 1.20. The Morgan fingerprint density at radius 3 is 2.39 bits per heavy atom. The lowest BCUT2D eigenvalue weighted by atomic mass is 9.94. The Hall–Kier alpha value is -1.95. The lowest BCUT2D eigenvalue weighted by Crippen LogP contribution is -2.43. The number of likely N-dealkylation sites (tertiary alicyclic amines) is 1. The fourth-order valence-corrected chi connectivity index (χ4v) is 4.93. The summed E-state index contributed by atoms with van der Waals surface area (Å²) in [6.07, 6.45) is 5.03. The van der Waals surface area contributed by atoms with Crippen LogP contribution < -0.4 is 14.4 Å². The molecule has 0 saturated carbocycles. The zero-order valence-corrected chi connectivity index (χ0v) is 20.7. The number of nitrogens with zero attached hydrogens (tertiary/aromatic N) is 2. The molecule has 2 aromatic carbocycles. The number of ether oxygens (including phenoxy) is 2. The van der Waals surface area contributed by atoms with Gasteiger partial charge in [-0.15, -0.1) is 0 Å². The molecule has 2 aliphatic rings. The van der Waals surface area contributed by atoms with Crippen LogP contribution in [0.5, 0.6) is 11.5 Å². The molecule has 7 heteroatoms. The SMILES string of the molecule is CCC(=O)Oc1cccc(N2CCC(CN3CCC(Oc4ccc(Cl)c(Cl)c4)CC3)CC2)c1. The number of halogens is 2. The van der Waals surface area contributed by atoms with Gasteiger partial charge < -0.3 is 19.3 Å². The Morgan fingerprint density at radius 1 is 0.939 bits per heavy atom. The molecule has 2 fully saturated rings. The molecule has 4 rings (SSSR count). The second kappa shape index (κ2) is 11.5. The number of piperidine rings is 2. The van der Waals surface area contributed by atoms with E-state index in [0.717, 1.165) is 62.9 Å². The van der Waals surface area contributed by atoms with Crippen LogP contribution in [-0.2, 0) is 4.79 Å². The second-order valence-corrected chi connectivity index (χ2v) is 9.76. The number of rotatable bonds is 7. The van der Waals surface area contributed by atoms with Gasteiger partial charge in [-0.25, -0.2) is 0 Å². The monoisotopic (exact) mass is 490 g/mol. The molecule has 0 radical (unpaired) electrons. The highest BCUT2D eigenvalue weighted by atomic mass is 35.5. The summed E-state index contributed by atoms with van der Waals surface area (Å²) in [5.41, 5.74) is 1.13. The molecule has 0 atom stereocenters. The number of carbonyl (C=O) groups is 1. The summed E-state index contributed by atoms with van der Waals surface area (Å²) in [4.78, 5) is 16.6. The minimum Gasteiger partial charge on any atom is -0.490 e. The average molecular weight is 491 g/mol. The molecule has 0 N–H and O–H groups in total. The Labute approximate surface area is 206 Å². The third-order valence-electron chi connectivity index (χ3n) is 6.56. The minimum atomic E-state index is -0.197. The van der Waals surface area contributed by atoms with Gasteiger partial charge in [-0.3, -0.25) is 4.79 Å². The first-order chi connectivity index (χ1) is 16.0. The Morgan fingerprint density at radius 2 is 1.70 bits per heavy atom. The van der Waals surface area contributed by atoms with E-state index in [9.17, 15) is 4.79 Å². The van der Waals surface area contributed by atoms with Gasteiger partial charge in [0, 0.05) is 57.0 Å². The topological polar surface area (TPSA) is 42.0 Å². The van der Waals surface area contributed by atoms with Crippen molar-refractivity contribution >= 4 is 34.9 Å². The van der Waals surface area contributed by atoms with E-state index in [1.54, 1.807) is 12.1 Å². The van der Waals surface area contributed by atoms with Gasteiger partial charge in [0.05, 0.1) is 10.0 Å². The van der Waals surface area contributed by atoms with Crippen LogP contribution in [0.3, 0.4) is 0 Å². The van der Waals surface area contributed by atoms with Crippen LogP contribution in [0.2, 0.25) is 10.0 Å². The molecule has 2 heterocycles. The molecule has 2 aromatic rings. The standard InChI is InChI=1S/C26H32Cl2N2O3/c1-2-26(31)33-22-5-3-4-20(16-22)30-14-8-19(9-15-30)18-29-12-10-21(11-13-29)32-23-6-7-24(27)25(28)17-23/h3-7,16-17,19,21H,2,8-15,18H2,1H3. The van der Waals surface area contributed by atoms with Crippen LogP contribution in [0.15, 0.2) is 42.5 Å². The van der Waals surface area contributed by atoms with E-state index < -0.39 is 0 Å². The largest absolute Gasteiger partial charge is 0.490 e. The van der Waals surface area contributed by atoms with Gasteiger partial charge in [0.1, 0.15) is 17.6 Å². The van der Waals surface area contributed by atoms with E-state index >= 15 is 0 Å². The number of hydrogen-bond donors (Lipinski definition) is 0. The molecule has 0 bridgehead atoms. The highest BCUT2D eigenvalue weighted by Gasteiger charge is 2.26. The maximum Gasteiger partial charge on any atom is 0.310 e. The Kier molecular flexibility index (Phi) is 8.39.